The Balaban J connectivity index is 2.81. The van der Waals surface area contributed by atoms with Crippen molar-refractivity contribution in [3.63, 3.8) is 0 Å². The van der Waals surface area contributed by atoms with E-state index >= 15 is 0 Å². The minimum Gasteiger partial charge on any atom is -0.479 e. The van der Waals surface area contributed by atoms with E-state index in [1.165, 1.54) is 25.1 Å². The summed E-state index contributed by atoms with van der Waals surface area (Å²) in [6, 6.07) is 14.3. The van der Waals surface area contributed by atoms with E-state index < -0.39 is 21.8 Å². The Bertz CT molecular complexity index is 819. The fourth-order valence-corrected chi connectivity index (χ4v) is 3.58. The van der Waals surface area contributed by atoms with Gasteiger partial charge >= 0.3 is 16.3 Å². The van der Waals surface area contributed by atoms with Gasteiger partial charge in [-0.05, 0) is 31.0 Å². The number of rotatable bonds is 5. The van der Waals surface area contributed by atoms with Crippen LogP contribution in [0.4, 0.5) is 5.69 Å². The largest absolute Gasteiger partial charge is 0.479 e. The number of hydrogen-bond acceptors (Lipinski definition) is 3. The van der Waals surface area contributed by atoms with E-state index in [1.54, 1.807) is 43.3 Å². The predicted octanol–water partition coefficient (Wildman–Crippen LogP) is 2.60. The summed E-state index contributed by atoms with van der Waals surface area (Å²) >= 11 is 0. The molecule has 0 bridgehead atoms. The van der Waals surface area contributed by atoms with Crippen molar-refractivity contribution in [3.05, 3.63) is 65.7 Å². The van der Waals surface area contributed by atoms with Gasteiger partial charge in [0, 0.05) is 0 Å². The number of benzene rings is 2. The van der Waals surface area contributed by atoms with E-state index in [9.17, 15) is 22.9 Å². The van der Waals surface area contributed by atoms with Crippen molar-refractivity contribution in [2.24, 2.45) is 0 Å². The Morgan fingerprint density at radius 2 is 1.57 bits per heavy atom. The molecular formula is C16H17NO5S. The van der Waals surface area contributed by atoms with Crippen molar-refractivity contribution in [2.75, 3.05) is 4.31 Å². The van der Waals surface area contributed by atoms with Crippen LogP contribution in [0, 0.1) is 6.92 Å². The van der Waals surface area contributed by atoms with Gasteiger partial charge < -0.3 is 5.11 Å². The fourth-order valence-electron chi connectivity index (χ4n) is 2.48. The molecule has 0 saturated heterocycles. The summed E-state index contributed by atoms with van der Waals surface area (Å²) in [6.45, 7) is 2.88. The summed E-state index contributed by atoms with van der Waals surface area (Å²) in [7, 11) is -4.84. The van der Waals surface area contributed by atoms with E-state index in [2.05, 4.69) is 0 Å². The van der Waals surface area contributed by atoms with Gasteiger partial charge in [0.1, 0.15) is 0 Å². The molecule has 6 nitrogen and oxygen atoms in total. The van der Waals surface area contributed by atoms with E-state index in [4.69, 9.17) is 0 Å². The third-order valence-electron chi connectivity index (χ3n) is 3.72. The molecule has 1 atom stereocenters. The van der Waals surface area contributed by atoms with E-state index in [1.807, 2.05) is 0 Å². The lowest BCUT2D eigenvalue weighted by Crippen LogP contribution is -2.53. The van der Waals surface area contributed by atoms with Crippen molar-refractivity contribution >= 4 is 22.0 Å². The van der Waals surface area contributed by atoms with Crippen LogP contribution in [0.3, 0.4) is 0 Å². The molecule has 7 heteroatoms. The molecule has 0 aliphatic carbocycles. The van der Waals surface area contributed by atoms with E-state index in [0.29, 0.717) is 9.87 Å². The number of para-hydroxylation sites is 1. The van der Waals surface area contributed by atoms with Crippen LogP contribution >= 0.6 is 0 Å². The van der Waals surface area contributed by atoms with Gasteiger partial charge in [-0.25, -0.2) is 9.10 Å². The molecule has 2 aromatic rings. The number of nitrogens with zero attached hydrogens (tertiary/aromatic N) is 1. The maximum absolute atomic E-state index is 12.0. The highest BCUT2D eigenvalue weighted by Crippen LogP contribution is 2.37. The zero-order valence-corrected chi connectivity index (χ0v) is 13.5. The summed E-state index contributed by atoms with van der Waals surface area (Å²) < 4.78 is 34.3. The van der Waals surface area contributed by atoms with Crippen LogP contribution in [0.1, 0.15) is 18.1 Å². The van der Waals surface area contributed by atoms with Crippen LogP contribution in [0.15, 0.2) is 54.6 Å². The summed E-state index contributed by atoms with van der Waals surface area (Å²) in [5.74, 6) is -1.40. The highest BCUT2D eigenvalue weighted by atomic mass is 32.2. The summed E-state index contributed by atoms with van der Waals surface area (Å²) in [4.78, 5) is 12.0. The molecule has 0 spiro atoms. The number of aryl methyl sites for hydroxylation is 1. The van der Waals surface area contributed by atoms with Gasteiger partial charge in [-0.15, -0.1) is 0 Å². The molecule has 0 saturated carbocycles. The van der Waals surface area contributed by atoms with Crippen molar-refractivity contribution in [1.82, 2.24) is 0 Å². The number of hydrogen-bond donors (Lipinski definition) is 2. The van der Waals surface area contributed by atoms with Crippen LogP contribution < -0.4 is 4.31 Å². The Labute approximate surface area is 134 Å². The molecule has 2 rings (SSSR count). The van der Waals surface area contributed by atoms with Crippen molar-refractivity contribution in [2.45, 2.75) is 19.4 Å². The van der Waals surface area contributed by atoms with Gasteiger partial charge in [0.15, 0.2) is 5.54 Å². The average molecular weight is 335 g/mol. The third kappa shape index (κ3) is 3.06. The van der Waals surface area contributed by atoms with Crippen molar-refractivity contribution in [1.29, 1.82) is 0 Å². The molecule has 0 radical (unpaired) electrons. The molecule has 0 unspecified atom stereocenters. The van der Waals surface area contributed by atoms with Gasteiger partial charge in [0.2, 0.25) is 0 Å². The zero-order valence-electron chi connectivity index (χ0n) is 12.7. The Morgan fingerprint density at radius 1 is 1.04 bits per heavy atom. The zero-order chi connectivity index (χ0) is 17.3. The first-order chi connectivity index (χ1) is 10.7. The van der Waals surface area contributed by atoms with Gasteiger partial charge in [-0.2, -0.15) is 8.42 Å². The minimum atomic E-state index is -4.84. The van der Waals surface area contributed by atoms with Crippen molar-refractivity contribution < 1.29 is 22.9 Å². The highest BCUT2D eigenvalue weighted by Gasteiger charge is 2.47. The predicted molar refractivity (Wildman–Crippen MR) is 86.6 cm³/mol. The molecule has 2 aromatic carbocycles. The first kappa shape index (κ1) is 17.0. The standard InChI is InChI=1S/C16H17NO5S/c1-12-8-6-7-11-14(12)17(23(20,21)22)16(2,15(18)19)13-9-4-3-5-10-13/h3-11H,1-2H3,(H,18,19)(H,20,21,22)/t16-/m0/s1. The first-order valence-electron chi connectivity index (χ1n) is 6.81. The lowest BCUT2D eigenvalue weighted by molar-refractivity contribution is -0.142. The van der Waals surface area contributed by atoms with Crippen LogP contribution in [-0.4, -0.2) is 24.0 Å². The maximum atomic E-state index is 12.0. The molecule has 2 N–H and O–H groups in total. The van der Waals surface area contributed by atoms with Crippen LogP contribution in [0.2, 0.25) is 0 Å². The van der Waals surface area contributed by atoms with E-state index in [-0.39, 0.29) is 11.3 Å². The number of carboxylic acid groups (broad SMARTS) is 1. The fraction of sp³-hybridized carbons (Fsp3) is 0.188. The number of carboxylic acids is 1. The molecular weight excluding hydrogens is 318 g/mol. The molecule has 0 aromatic heterocycles. The number of carbonyl (C=O) groups is 1. The second kappa shape index (κ2) is 6.02. The highest BCUT2D eigenvalue weighted by molar-refractivity contribution is 7.87. The summed E-state index contributed by atoms with van der Waals surface area (Å²) in [5, 5.41) is 9.75. The molecule has 23 heavy (non-hydrogen) atoms. The van der Waals surface area contributed by atoms with Crippen LogP contribution in [0.25, 0.3) is 0 Å². The number of aliphatic carboxylic acids is 1. The lowest BCUT2D eigenvalue weighted by Gasteiger charge is -2.37. The summed E-state index contributed by atoms with van der Waals surface area (Å²) in [5.41, 5.74) is -1.15. The second-order valence-corrected chi connectivity index (χ2v) is 6.53. The number of anilines is 1. The maximum Gasteiger partial charge on any atom is 0.361 e. The quantitative estimate of drug-likeness (QED) is 0.819. The van der Waals surface area contributed by atoms with Gasteiger partial charge in [0.05, 0.1) is 5.69 Å². The second-order valence-electron chi connectivity index (χ2n) is 5.27. The molecule has 0 heterocycles. The van der Waals surface area contributed by atoms with Crippen LogP contribution in [0.5, 0.6) is 0 Å². The summed E-state index contributed by atoms with van der Waals surface area (Å²) in [6.07, 6.45) is 0. The van der Waals surface area contributed by atoms with Gasteiger partial charge in [0.25, 0.3) is 0 Å². The van der Waals surface area contributed by atoms with Gasteiger partial charge in [-0.1, -0.05) is 48.5 Å². The first-order valence-corrected chi connectivity index (χ1v) is 8.21. The molecule has 122 valence electrons. The SMILES string of the molecule is Cc1ccccc1N([C@](C)(C(=O)O)c1ccccc1)S(=O)(=O)O. The van der Waals surface area contributed by atoms with Crippen LogP contribution in [-0.2, 0) is 20.6 Å². The lowest BCUT2D eigenvalue weighted by atomic mass is 9.91. The molecule has 0 fully saturated rings. The average Bonchev–Trinajstić information content (AvgIpc) is 2.48. The minimum absolute atomic E-state index is 0.101. The van der Waals surface area contributed by atoms with E-state index in [0.717, 1.165) is 0 Å². The Morgan fingerprint density at radius 3 is 2.04 bits per heavy atom. The Hall–Kier alpha value is -2.38. The van der Waals surface area contributed by atoms with Crippen molar-refractivity contribution in [3.8, 4) is 0 Å². The molecule has 0 aliphatic rings. The smallest absolute Gasteiger partial charge is 0.361 e. The third-order valence-corrected chi connectivity index (χ3v) is 4.75. The molecule has 0 aliphatic heterocycles. The normalized spacial score (nSPS) is 14.0. The van der Waals surface area contributed by atoms with Gasteiger partial charge in [-0.3, -0.25) is 4.55 Å². The Kier molecular flexibility index (Phi) is 4.44. The molecule has 0 amide bonds. The topological polar surface area (TPSA) is 94.9 Å². The monoisotopic (exact) mass is 335 g/mol.